The Labute approximate surface area is 114 Å². The SMILES string of the molecule is C[C@@H](O)c1ccc(N2CCCN(CCO)CC2)nc1. The van der Waals surface area contributed by atoms with Crippen LogP contribution in [-0.2, 0) is 0 Å². The minimum Gasteiger partial charge on any atom is -0.395 e. The fraction of sp³-hybridized carbons (Fsp3) is 0.643. The van der Waals surface area contributed by atoms with Crippen LogP contribution in [0, 0.1) is 0 Å². The molecular formula is C14H23N3O2. The predicted octanol–water partition coefficient (Wildman–Crippen LogP) is 0.639. The van der Waals surface area contributed by atoms with Gasteiger partial charge in [-0.3, -0.25) is 4.90 Å². The maximum atomic E-state index is 9.48. The Morgan fingerprint density at radius 2 is 2.11 bits per heavy atom. The van der Waals surface area contributed by atoms with Crippen LogP contribution in [0.3, 0.4) is 0 Å². The van der Waals surface area contributed by atoms with Crippen LogP contribution in [0.25, 0.3) is 0 Å². The van der Waals surface area contributed by atoms with E-state index in [-0.39, 0.29) is 6.61 Å². The molecule has 106 valence electrons. The average Bonchev–Trinajstić information content (AvgIpc) is 2.65. The summed E-state index contributed by atoms with van der Waals surface area (Å²) < 4.78 is 0. The lowest BCUT2D eigenvalue weighted by Crippen LogP contribution is -2.32. The van der Waals surface area contributed by atoms with Gasteiger partial charge in [0.1, 0.15) is 5.82 Å². The Hall–Kier alpha value is -1.17. The molecule has 1 aliphatic rings. The van der Waals surface area contributed by atoms with Crippen molar-refractivity contribution in [3.8, 4) is 0 Å². The highest BCUT2D eigenvalue weighted by Gasteiger charge is 2.15. The van der Waals surface area contributed by atoms with Gasteiger partial charge in [-0.15, -0.1) is 0 Å². The molecule has 1 aliphatic heterocycles. The molecule has 5 heteroatoms. The highest BCUT2D eigenvalue weighted by atomic mass is 16.3. The fourth-order valence-corrected chi connectivity index (χ4v) is 2.40. The van der Waals surface area contributed by atoms with Gasteiger partial charge in [-0.05, 0) is 31.5 Å². The summed E-state index contributed by atoms with van der Waals surface area (Å²) in [4.78, 5) is 8.98. The first-order chi connectivity index (χ1) is 9.20. The Morgan fingerprint density at radius 3 is 2.74 bits per heavy atom. The van der Waals surface area contributed by atoms with Crippen molar-refractivity contribution in [3.05, 3.63) is 23.9 Å². The molecule has 2 rings (SSSR count). The van der Waals surface area contributed by atoms with E-state index in [4.69, 9.17) is 5.11 Å². The molecule has 19 heavy (non-hydrogen) atoms. The second-order valence-corrected chi connectivity index (χ2v) is 5.03. The zero-order chi connectivity index (χ0) is 13.7. The molecule has 0 aliphatic carbocycles. The van der Waals surface area contributed by atoms with E-state index in [0.717, 1.165) is 50.5 Å². The third kappa shape index (κ3) is 3.89. The van der Waals surface area contributed by atoms with Crippen LogP contribution in [0.5, 0.6) is 0 Å². The van der Waals surface area contributed by atoms with E-state index in [1.165, 1.54) is 0 Å². The number of aliphatic hydroxyl groups excluding tert-OH is 2. The van der Waals surface area contributed by atoms with Crippen LogP contribution in [0.15, 0.2) is 18.3 Å². The number of hydrogen-bond acceptors (Lipinski definition) is 5. The smallest absolute Gasteiger partial charge is 0.128 e. The first-order valence-electron chi connectivity index (χ1n) is 6.93. The van der Waals surface area contributed by atoms with Crippen molar-refractivity contribution in [2.75, 3.05) is 44.2 Å². The Kier molecular flexibility index (Phi) is 5.13. The van der Waals surface area contributed by atoms with Gasteiger partial charge in [0.25, 0.3) is 0 Å². The molecule has 1 atom stereocenters. The number of hydrogen-bond donors (Lipinski definition) is 2. The quantitative estimate of drug-likeness (QED) is 0.836. The fourth-order valence-electron chi connectivity index (χ4n) is 2.40. The third-order valence-corrected chi connectivity index (χ3v) is 3.58. The van der Waals surface area contributed by atoms with Crippen molar-refractivity contribution >= 4 is 5.82 Å². The second kappa shape index (κ2) is 6.84. The highest BCUT2D eigenvalue weighted by molar-refractivity contribution is 5.39. The lowest BCUT2D eigenvalue weighted by molar-refractivity contribution is 0.199. The number of aliphatic hydroxyl groups is 2. The number of pyridine rings is 1. The van der Waals surface area contributed by atoms with Gasteiger partial charge in [0, 0.05) is 32.4 Å². The highest BCUT2D eigenvalue weighted by Crippen LogP contribution is 2.17. The van der Waals surface area contributed by atoms with E-state index in [1.807, 2.05) is 12.1 Å². The van der Waals surface area contributed by atoms with Gasteiger partial charge >= 0.3 is 0 Å². The van der Waals surface area contributed by atoms with Gasteiger partial charge < -0.3 is 15.1 Å². The van der Waals surface area contributed by atoms with E-state index in [9.17, 15) is 5.11 Å². The Morgan fingerprint density at radius 1 is 1.26 bits per heavy atom. The van der Waals surface area contributed by atoms with Gasteiger partial charge in [-0.25, -0.2) is 4.98 Å². The molecule has 1 aromatic heterocycles. The zero-order valence-corrected chi connectivity index (χ0v) is 11.5. The van der Waals surface area contributed by atoms with Crippen LogP contribution < -0.4 is 4.90 Å². The van der Waals surface area contributed by atoms with E-state index < -0.39 is 6.10 Å². The molecular weight excluding hydrogens is 242 g/mol. The van der Waals surface area contributed by atoms with E-state index >= 15 is 0 Å². The molecule has 2 N–H and O–H groups in total. The van der Waals surface area contributed by atoms with Crippen molar-refractivity contribution in [2.45, 2.75) is 19.4 Å². The van der Waals surface area contributed by atoms with Gasteiger partial charge in [0.15, 0.2) is 0 Å². The van der Waals surface area contributed by atoms with Crippen LogP contribution in [0.2, 0.25) is 0 Å². The van der Waals surface area contributed by atoms with Crippen molar-refractivity contribution in [1.29, 1.82) is 0 Å². The van der Waals surface area contributed by atoms with E-state index in [2.05, 4.69) is 14.8 Å². The van der Waals surface area contributed by atoms with Gasteiger partial charge in [-0.1, -0.05) is 6.07 Å². The molecule has 0 unspecified atom stereocenters. The monoisotopic (exact) mass is 265 g/mol. The number of rotatable bonds is 4. The topological polar surface area (TPSA) is 59.8 Å². The summed E-state index contributed by atoms with van der Waals surface area (Å²) in [6, 6.07) is 3.91. The summed E-state index contributed by atoms with van der Waals surface area (Å²) in [6.07, 6.45) is 2.36. The molecule has 1 saturated heterocycles. The zero-order valence-electron chi connectivity index (χ0n) is 11.5. The summed E-state index contributed by atoms with van der Waals surface area (Å²) in [5.74, 6) is 0.968. The number of anilines is 1. The van der Waals surface area contributed by atoms with Crippen molar-refractivity contribution in [3.63, 3.8) is 0 Å². The number of β-amino-alcohol motifs (C(OH)–C–C–N with tert-alkyl or cyclic N) is 1. The minimum absolute atomic E-state index is 0.224. The minimum atomic E-state index is -0.467. The molecule has 0 bridgehead atoms. The van der Waals surface area contributed by atoms with E-state index in [1.54, 1.807) is 13.1 Å². The van der Waals surface area contributed by atoms with E-state index in [0.29, 0.717) is 0 Å². The molecule has 1 aromatic rings. The Balaban J connectivity index is 1.97. The maximum absolute atomic E-state index is 9.48. The molecule has 0 radical (unpaired) electrons. The van der Waals surface area contributed by atoms with Crippen LogP contribution in [-0.4, -0.2) is 59.4 Å². The van der Waals surface area contributed by atoms with Crippen molar-refractivity contribution in [1.82, 2.24) is 9.88 Å². The molecule has 2 heterocycles. The summed E-state index contributed by atoms with van der Waals surface area (Å²) in [5.41, 5.74) is 0.848. The Bertz CT molecular complexity index is 381. The lowest BCUT2D eigenvalue weighted by atomic mass is 10.2. The molecule has 0 amide bonds. The summed E-state index contributed by atoms with van der Waals surface area (Å²) in [6.45, 7) is 6.63. The van der Waals surface area contributed by atoms with Crippen LogP contribution >= 0.6 is 0 Å². The van der Waals surface area contributed by atoms with Crippen LogP contribution in [0.1, 0.15) is 25.0 Å². The standard InChI is InChI=1S/C14H23N3O2/c1-12(19)13-3-4-14(15-11-13)17-6-2-5-16(7-8-17)9-10-18/h3-4,11-12,18-19H,2,5-10H2,1H3/t12-/m1/s1. The van der Waals surface area contributed by atoms with Gasteiger partial charge in [-0.2, -0.15) is 0 Å². The predicted molar refractivity (Wildman–Crippen MR) is 75.2 cm³/mol. The molecule has 5 nitrogen and oxygen atoms in total. The summed E-state index contributed by atoms with van der Waals surface area (Å²) in [5, 5.41) is 18.5. The van der Waals surface area contributed by atoms with Gasteiger partial charge in [0.05, 0.1) is 12.7 Å². The summed E-state index contributed by atoms with van der Waals surface area (Å²) in [7, 11) is 0. The molecule has 0 aromatic carbocycles. The lowest BCUT2D eigenvalue weighted by Gasteiger charge is -2.22. The summed E-state index contributed by atoms with van der Waals surface area (Å²) >= 11 is 0. The van der Waals surface area contributed by atoms with Gasteiger partial charge in [0.2, 0.25) is 0 Å². The largest absolute Gasteiger partial charge is 0.395 e. The molecule has 1 fully saturated rings. The first kappa shape index (κ1) is 14.2. The second-order valence-electron chi connectivity index (χ2n) is 5.03. The van der Waals surface area contributed by atoms with Crippen LogP contribution in [0.4, 0.5) is 5.82 Å². The maximum Gasteiger partial charge on any atom is 0.128 e. The van der Waals surface area contributed by atoms with Crippen molar-refractivity contribution < 1.29 is 10.2 Å². The third-order valence-electron chi connectivity index (χ3n) is 3.58. The first-order valence-corrected chi connectivity index (χ1v) is 6.93. The normalized spacial score (nSPS) is 19.2. The molecule has 0 spiro atoms. The number of aromatic nitrogens is 1. The van der Waals surface area contributed by atoms with Crippen molar-refractivity contribution in [2.24, 2.45) is 0 Å². The average molecular weight is 265 g/mol. The molecule has 0 saturated carbocycles. The number of nitrogens with zero attached hydrogens (tertiary/aromatic N) is 3.